The number of hydrogen-bond acceptors (Lipinski definition) is 5. The van der Waals surface area contributed by atoms with Crippen LogP contribution in [0.25, 0.3) is 10.9 Å². The molecule has 4 aromatic rings. The van der Waals surface area contributed by atoms with Crippen molar-refractivity contribution < 1.29 is 9.13 Å². The van der Waals surface area contributed by atoms with E-state index in [0.29, 0.717) is 6.61 Å². The predicted molar refractivity (Wildman–Crippen MR) is 124 cm³/mol. The highest BCUT2D eigenvalue weighted by molar-refractivity contribution is 5.87. The molecule has 32 heavy (non-hydrogen) atoms. The van der Waals surface area contributed by atoms with E-state index in [-0.39, 0.29) is 5.82 Å². The summed E-state index contributed by atoms with van der Waals surface area (Å²) in [5.74, 6) is 0.580. The van der Waals surface area contributed by atoms with Crippen LogP contribution < -0.4 is 9.64 Å². The molecule has 1 aliphatic heterocycles. The van der Waals surface area contributed by atoms with E-state index in [4.69, 9.17) is 4.74 Å². The van der Waals surface area contributed by atoms with Crippen molar-refractivity contribution in [2.75, 3.05) is 31.1 Å². The summed E-state index contributed by atoms with van der Waals surface area (Å²) in [7, 11) is 0. The molecule has 0 unspecified atom stereocenters. The van der Waals surface area contributed by atoms with Crippen molar-refractivity contribution in [1.29, 1.82) is 0 Å². The van der Waals surface area contributed by atoms with Crippen LogP contribution in [-0.2, 0) is 13.2 Å². The largest absolute Gasteiger partial charge is 0.485 e. The number of ether oxygens (including phenoxy) is 1. The number of fused-ring (bicyclic) bond motifs is 1. The lowest BCUT2D eigenvalue weighted by atomic mass is 10.1. The van der Waals surface area contributed by atoms with Crippen LogP contribution in [0.3, 0.4) is 0 Å². The molecule has 2 aromatic heterocycles. The van der Waals surface area contributed by atoms with E-state index >= 15 is 0 Å². The molecule has 1 saturated heterocycles. The molecule has 1 fully saturated rings. The summed E-state index contributed by atoms with van der Waals surface area (Å²) in [5, 5.41) is 1.12. The first-order valence-corrected chi connectivity index (χ1v) is 10.9. The fourth-order valence-electron chi connectivity index (χ4n) is 4.15. The van der Waals surface area contributed by atoms with Crippen molar-refractivity contribution in [3.63, 3.8) is 0 Å². The summed E-state index contributed by atoms with van der Waals surface area (Å²) in [6.07, 6.45) is 3.58. The molecule has 0 saturated carbocycles. The van der Waals surface area contributed by atoms with E-state index in [1.54, 1.807) is 12.4 Å². The Labute approximate surface area is 187 Å². The summed E-state index contributed by atoms with van der Waals surface area (Å²) >= 11 is 0. The average Bonchev–Trinajstić information content (AvgIpc) is 2.85. The molecule has 162 valence electrons. The van der Waals surface area contributed by atoms with Crippen molar-refractivity contribution >= 4 is 16.6 Å². The summed E-state index contributed by atoms with van der Waals surface area (Å²) in [6.45, 7) is 5.03. The highest BCUT2D eigenvalue weighted by atomic mass is 19.1. The molecule has 0 radical (unpaired) electrons. The van der Waals surface area contributed by atoms with E-state index < -0.39 is 0 Å². The third-order valence-electron chi connectivity index (χ3n) is 5.88. The Balaban J connectivity index is 1.27. The predicted octanol–water partition coefficient (Wildman–Crippen LogP) is 4.67. The van der Waals surface area contributed by atoms with Gasteiger partial charge in [-0.1, -0.05) is 18.2 Å². The summed E-state index contributed by atoms with van der Waals surface area (Å²) in [4.78, 5) is 13.7. The lowest BCUT2D eigenvalue weighted by Gasteiger charge is -2.36. The van der Waals surface area contributed by atoms with Gasteiger partial charge in [0.2, 0.25) is 0 Å². The van der Waals surface area contributed by atoms with Gasteiger partial charge in [0.25, 0.3) is 0 Å². The van der Waals surface area contributed by atoms with E-state index in [0.717, 1.165) is 60.8 Å². The molecule has 5 nitrogen and oxygen atoms in total. The van der Waals surface area contributed by atoms with E-state index in [1.165, 1.54) is 17.7 Å². The van der Waals surface area contributed by atoms with Gasteiger partial charge in [-0.2, -0.15) is 0 Å². The number of aromatic nitrogens is 2. The number of hydrogen-bond donors (Lipinski definition) is 0. The molecule has 0 N–H and O–H groups in total. The van der Waals surface area contributed by atoms with Crippen LogP contribution in [0.1, 0.15) is 11.3 Å². The Kier molecular flexibility index (Phi) is 5.94. The van der Waals surface area contributed by atoms with Crippen molar-refractivity contribution in [1.82, 2.24) is 14.9 Å². The fraction of sp³-hybridized carbons (Fsp3) is 0.231. The second-order valence-corrected chi connectivity index (χ2v) is 7.97. The molecule has 0 atom stereocenters. The van der Waals surface area contributed by atoms with Gasteiger partial charge in [0, 0.05) is 56.2 Å². The zero-order valence-corrected chi connectivity index (χ0v) is 17.8. The van der Waals surface area contributed by atoms with Gasteiger partial charge in [-0.3, -0.25) is 14.9 Å². The maximum atomic E-state index is 13.2. The van der Waals surface area contributed by atoms with E-state index in [2.05, 4.69) is 31.9 Å². The molecule has 5 rings (SSSR count). The zero-order valence-electron chi connectivity index (χ0n) is 17.8. The summed E-state index contributed by atoms with van der Waals surface area (Å²) in [6, 6.07) is 20.8. The lowest BCUT2D eigenvalue weighted by Crippen LogP contribution is -2.46. The second kappa shape index (κ2) is 9.32. The molecule has 0 bridgehead atoms. The van der Waals surface area contributed by atoms with Crippen LogP contribution in [0.5, 0.6) is 5.75 Å². The Morgan fingerprint density at radius 3 is 2.41 bits per heavy atom. The Hall–Kier alpha value is -3.51. The quantitative estimate of drug-likeness (QED) is 0.446. The van der Waals surface area contributed by atoms with Crippen molar-refractivity contribution in [3.05, 3.63) is 96.2 Å². The number of pyridine rings is 2. The van der Waals surface area contributed by atoms with Crippen LogP contribution in [0.15, 0.2) is 79.1 Å². The van der Waals surface area contributed by atoms with Gasteiger partial charge in [-0.05, 0) is 54.1 Å². The van der Waals surface area contributed by atoms with Gasteiger partial charge in [0.15, 0.2) is 0 Å². The first-order chi connectivity index (χ1) is 15.8. The zero-order chi connectivity index (χ0) is 21.8. The second-order valence-electron chi connectivity index (χ2n) is 7.97. The Bertz CT molecular complexity index is 1180. The molecule has 0 aliphatic carbocycles. The number of benzene rings is 2. The monoisotopic (exact) mass is 428 g/mol. The molecular weight excluding hydrogens is 403 g/mol. The molecule has 0 amide bonds. The molecule has 0 spiro atoms. The molecular formula is C26H25FN4O. The summed E-state index contributed by atoms with van der Waals surface area (Å²) < 4.78 is 19.3. The minimum absolute atomic E-state index is 0.194. The van der Waals surface area contributed by atoms with Crippen molar-refractivity contribution in [3.8, 4) is 5.75 Å². The van der Waals surface area contributed by atoms with Crippen molar-refractivity contribution in [2.45, 2.75) is 13.2 Å². The normalized spacial score (nSPS) is 14.6. The van der Waals surface area contributed by atoms with Gasteiger partial charge >= 0.3 is 0 Å². The Morgan fingerprint density at radius 2 is 1.62 bits per heavy atom. The lowest BCUT2D eigenvalue weighted by molar-refractivity contribution is 0.250. The third kappa shape index (κ3) is 4.55. The number of piperazine rings is 1. The minimum atomic E-state index is -0.194. The van der Waals surface area contributed by atoms with Gasteiger partial charge in [0.05, 0.1) is 5.69 Å². The summed E-state index contributed by atoms with van der Waals surface area (Å²) in [5.41, 5.74) is 4.09. The fourth-order valence-corrected chi connectivity index (χ4v) is 4.15. The van der Waals surface area contributed by atoms with Gasteiger partial charge in [-0.25, -0.2) is 4.39 Å². The average molecular weight is 429 g/mol. The van der Waals surface area contributed by atoms with E-state index in [9.17, 15) is 4.39 Å². The van der Waals surface area contributed by atoms with Crippen LogP contribution in [0.2, 0.25) is 0 Å². The van der Waals surface area contributed by atoms with Crippen LogP contribution in [-0.4, -0.2) is 41.0 Å². The van der Waals surface area contributed by atoms with Gasteiger partial charge in [-0.15, -0.1) is 0 Å². The number of rotatable bonds is 6. The smallest absolute Gasteiger partial charge is 0.146 e. The van der Waals surface area contributed by atoms with Crippen molar-refractivity contribution in [2.24, 2.45) is 0 Å². The number of nitrogens with zero attached hydrogens (tertiary/aromatic N) is 4. The van der Waals surface area contributed by atoms with E-state index in [1.807, 2.05) is 42.5 Å². The number of anilines is 1. The SMILES string of the molecule is Fc1ccc(N2CCN(Cc3ccc(OCc4ccccn4)c4ncccc34)CC2)cc1. The van der Waals surface area contributed by atoms with Crippen LogP contribution >= 0.6 is 0 Å². The van der Waals surface area contributed by atoms with Crippen LogP contribution in [0.4, 0.5) is 10.1 Å². The van der Waals surface area contributed by atoms with Crippen LogP contribution in [0, 0.1) is 5.82 Å². The first-order valence-electron chi connectivity index (χ1n) is 10.9. The van der Waals surface area contributed by atoms with Gasteiger partial charge in [0.1, 0.15) is 23.7 Å². The Morgan fingerprint density at radius 1 is 0.812 bits per heavy atom. The first kappa shape index (κ1) is 20.4. The molecule has 2 aromatic carbocycles. The molecule has 1 aliphatic rings. The molecule has 6 heteroatoms. The maximum Gasteiger partial charge on any atom is 0.146 e. The minimum Gasteiger partial charge on any atom is -0.485 e. The third-order valence-corrected chi connectivity index (χ3v) is 5.88. The maximum absolute atomic E-state index is 13.2. The highest BCUT2D eigenvalue weighted by Gasteiger charge is 2.19. The standard InChI is InChI=1S/C26H25FN4O/c27-21-7-9-23(10-8-21)31-16-14-30(15-17-31)18-20-6-11-25(26-24(20)5-3-13-29-26)32-19-22-4-1-2-12-28-22/h1-13H,14-19H2. The van der Waals surface area contributed by atoms with Gasteiger partial charge < -0.3 is 9.64 Å². The topological polar surface area (TPSA) is 41.5 Å². The molecule has 3 heterocycles. The number of halogens is 1. The highest BCUT2D eigenvalue weighted by Crippen LogP contribution is 2.28.